The predicted molar refractivity (Wildman–Crippen MR) is 74.1 cm³/mol. The Hall–Kier alpha value is -1.89. The summed E-state index contributed by atoms with van der Waals surface area (Å²) in [6, 6.07) is 6.65. The van der Waals surface area contributed by atoms with Crippen LogP contribution in [0.3, 0.4) is 0 Å². The molecule has 0 saturated carbocycles. The van der Waals surface area contributed by atoms with E-state index in [0.717, 1.165) is 11.8 Å². The molecule has 0 radical (unpaired) electrons. The van der Waals surface area contributed by atoms with Gasteiger partial charge < -0.3 is 21.1 Å². The third-order valence-electron chi connectivity index (χ3n) is 2.52. The number of hydrogen-bond acceptors (Lipinski definition) is 5. The number of hydrogen-bond donors (Lipinski definition) is 3. The molecule has 1 unspecified atom stereocenters. The molecule has 1 aliphatic heterocycles. The third-order valence-corrected chi connectivity index (χ3v) is 3.40. The molecule has 2 rings (SSSR count). The number of benzene rings is 1. The highest BCUT2D eigenvalue weighted by Crippen LogP contribution is 2.14. The van der Waals surface area contributed by atoms with Crippen molar-refractivity contribution >= 4 is 28.6 Å². The summed E-state index contributed by atoms with van der Waals surface area (Å²) in [7, 11) is 0. The Kier molecular flexibility index (Phi) is 4.51. The van der Waals surface area contributed by atoms with Crippen LogP contribution in [-0.2, 0) is 4.79 Å². The number of carbonyl (C=O) groups is 2. The van der Waals surface area contributed by atoms with Gasteiger partial charge in [-0.1, -0.05) is 17.8 Å². The summed E-state index contributed by atoms with van der Waals surface area (Å²) in [6.07, 6.45) is 0. The fourth-order valence-corrected chi connectivity index (χ4v) is 2.37. The summed E-state index contributed by atoms with van der Waals surface area (Å²) in [4.78, 5) is 22.6. The van der Waals surface area contributed by atoms with Gasteiger partial charge in [0, 0.05) is 17.5 Å². The lowest BCUT2D eigenvalue weighted by Gasteiger charge is -2.11. The Morgan fingerprint density at radius 1 is 1.58 bits per heavy atom. The highest BCUT2D eigenvalue weighted by molar-refractivity contribution is 8.14. The van der Waals surface area contributed by atoms with E-state index in [1.165, 1.54) is 0 Å². The Morgan fingerprint density at radius 3 is 3.11 bits per heavy atom. The number of nitrogens with two attached hydrogens (primary N) is 1. The second kappa shape index (κ2) is 6.33. The molecule has 0 spiro atoms. The lowest BCUT2D eigenvalue weighted by Crippen LogP contribution is -2.44. The lowest BCUT2D eigenvalue weighted by molar-refractivity contribution is -0.122. The number of ether oxygens (including phenoxy) is 1. The molecule has 1 atom stereocenters. The van der Waals surface area contributed by atoms with Crippen molar-refractivity contribution in [2.75, 3.05) is 24.6 Å². The quantitative estimate of drug-likeness (QED) is 0.542. The molecule has 1 aromatic carbocycles. The molecular formula is C12H15N3O3S. The first-order valence-corrected chi connectivity index (χ1v) is 6.83. The van der Waals surface area contributed by atoms with Crippen molar-refractivity contribution < 1.29 is 14.3 Å². The summed E-state index contributed by atoms with van der Waals surface area (Å²) < 4.78 is 5.43. The van der Waals surface area contributed by atoms with Gasteiger partial charge in [-0.05, 0) is 12.1 Å². The van der Waals surface area contributed by atoms with E-state index in [1.54, 1.807) is 24.3 Å². The van der Waals surface area contributed by atoms with Crippen molar-refractivity contribution in [3.05, 3.63) is 24.3 Å². The van der Waals surface area contributed by atoms with Gasteiger partial charge in [0.05, 0.1) is 6.54 Å². The Bertz CT molecular complexity index is 481. The molecule has 1 saturated heterocycles. The van der Waals surface area contributed by atoms with Crippen LogP contribution < -0.4 is 21.1 Å². The van der Waals surface area contributed by atoms with Crippen LogP contribution in [0.15, 0.2) is 24.3 Å². The zero-order valence-corrected chi connectivity index (χ0v) is 11.0. The van der Waals surface area contributed by atoms with Gasteiger partial charge in [-0.2, -0.15) is 0 Å². The normalized spacial score (nSPS) is 17.9. The summed E-state index contributed by atoms with van der Waals surface area (Å²) >= 11 is 1.12. The van der Waals surface area contributed by atoms with E-state index >= 15 is 0 Å². The summed E-state index contributed by atoms with van der Waals surface area (Å²) in [5.41, 5.74) is 6.25. The van der Waals surface area contributed by atoms with Crippen LogP contribution in [0, 0.1) is 0 Å². The predicted octanol–water partition coefficient (Wildman–Crippen LogP) is 0.589. The van der Waals surface area contributed by atoms with Gasteiger partial charge >= 0.3 is 0 Å². The molecule has 1 aliphatic rings. The van der Waals surface area contributed by atoms with Crippen molar-refractivity contribution in [1.82, 2.24) is 10.6 Å². The van der Waals surface area contributed by atoms with Gasteiger partial charge in [-0.15, -0.1) is 0 Å². The fourth-order valence-electron chi connectivity index (χ4n) is 1.60. The van der Waals surface area contributed by atoms with Gasteiger partial charge in [0.2, 0.25) is 5.91 Å². The van der Waals surface area contributed by atoms with Crippen LogP contribution in [0.4, 0.5) is 10.5 Å². The van der Waals surface area contributed by atoms with Gasteiger partial charge in [0.1, 0.15) is 18.4 Å². The van der Waals surface area contributed by atoms with E-state index in [2.05, 4.69) is 10.6 Å². The molecule has 2 amide bonds. The van der Waals surface area contributed by atoms with Crippen LogP contribution in [0.2, 0.25) is 0 Å². The summed E-state index contributed by atoms with van der Waals surface area (Å²) in [5, 5.41) is 5.12. The molecule has 19 heavy (non-hydrogen) atoms. The molecule has 1 fully saturated rings. The molecule has 6 nitrogen and oxygen atoms in total. The Balaban J connectivity index is 1.66. The maximum atomic E-state index is 11.6. The van der Waals surface area contributed by atoms with Crippen molar-refractivity contribution in [2.45, 2.75) is 6.04 Å². The molecule has 0 bridgehead atoms. The molecule has 102 valence electrons. The second-order valence-electron chi connectivity index (χ2n) is 4.01. The third kappa shape index (κ3) is 4.06. The number of nitrogen functional groups attached to an aromatic ring is 1. The average Bonchev–Trinajstić information content (AvgIpc) is 2.81. The van der Waals surface area contributed by atoms with Crippen molar-refractivity contribution in [2.24, 2.45) is 0 Å². The number of thioether (sulfide) groups is 1. The number of rotatable bonds is 5. The van der Waals surface area contributed by atoms with Crippen molar-refractivity contribution in [1.29, 1.82) is 0 Å². The maximum Gasteiger partial charge on any atom is 0.279 e. The number of anilines is 1. The molecular weight excluding hydrogens is 266 g/mol. The van der Waals surface area contributed by atoms with E-state index in [0.29, 0.717) is 30.3 Å². The van der Waals surface area contributed by atoms with E-state index in [9.17, 15) is 9.59 Å². The van der Waals surface area contributed by atoms with Gasteiger partial charge in [0.25, 0.3) is 5.24 Å². The summed E-state index contributed by atoms with van der Waals surface area (Å²) in [5.74, 6) is 0.953. The minimum Gasteiger partial charge on any atom is -0.492 e. The molecule has 1 heterocycles. The van der Waals surface area contributed by atoms with Gasteiger partial charge in [-0.25, -0.2) is 0 Å². The summed E-state index contributed by atoms with van der Waals surface area (Å²) in [6.45, 7) is 0.730. The van der Waals surface area contributed by atoms with Crippen LogP contribution in [0.25, 0.3) is 0 Å². The number of nitrogens with one attached hydrogen (secondary N) is 2. The molecule has 1 aromatic rings. The monoisotopic (exact) mass is 281 g/mol. The van der Waals surface area contributed by atoms with E-state index in [1.807, 2.05) is 0 Å². The molecule has 0 aromatic heterocycles. The first kappa shape index (κ1) is 13.5. The minimum absolute atomic E-state index is 0.156. The largest absolute Gasteiger partial charge is 0.492 e. The second-order valence-corrected chi connectivity index (χ2v) is 5.00. The Labute approximate surface area is 115 Å². The molecule has 0 aliphatic carbocycles. The Morgan fingerprint density at radius 2 is 2.42 bits per heavy atom. The van der Waals surface area contributed by atoms with Gasteiger partial charge in [0.15, 0.2) is 0 Å². The zero-order valence-electron chi connectivity index (χ0n) is 10.2. The first-order valence-electron chi connectivity index (χ1n) is 5.84. The number of carbonyl (C=O) groups excluding carboxylic acids is 2. The molecule has 7 heteroatoms. The molecule has 4 N–H and O–H groups in total. The highest BCUT2D eigenvalue weighted by atomic mass is 32.2. The van der Waals surface area contributed by atoms with Crippen molar-refractivity contribution in [3.63, 3.8) is 0 Å². The van der Waals surface area contributed by atoms with E-state index in [4.69, 9.17) is 10.5 Å². The van der Waals surface area contributed by atoms with Crippen molar-refractivity contribution in [3.8, 4) is 5.75 Å². The first-order chi connectivity index (χ1) is 9.15. The minimum atomic E-state index is -0.440. The van der Waals surface area contributed by atoms with Gasteiger partial charge in [-0.3, -0.25) is 9.59 Å². The topological polar surface area (TPSA) is 93.4 Å². The van der Waals surface area contributed by atoms with Crippen LogP contribution >= 0.6 is 11.8 Å². The van der Waals surface area contributed by atoms with Crippen LogP contribution in [-0.4, -0.2) is 36.1 Å². The van der Waals surface area contributed by atoms with E-state index in [-0.39, 0.29) is 11.1 Å². The highest BCUT2D eigenvalue weighted by Gasteiger charge is 2.27. The standard InChI is InChI=1S/C12H15N3O3S/c13-8-2-1-3-9(6-8)18-5-4-14-11(16)10-7-19-12(17)15-10/h1-3,6,10H,4-5,7,13H2,(H,14,16)(H,15,17). The zero-order chi connectivity index (χ0) is 13.7. The average molecular weight is 281 g/mol. The number of amides is 2. The van der Waals surface area contributed by atoms with Crippen LogP contribution in [0.5, 0.6) is 5.75 Å². The smallest absolute Gasteiger partial charge is 0.279 e. The van der Waals surface area contributed by atoms with Crippen LogP contribution in [0.1, 0.15) is 0 Å². The SMILES string of the molecule is Nc1cccc(OCCNC(=O)C2CSC(=O)N2)c1. The fraction of sp³-hybridized carbons (Fsp3) is 0.333. The maximum absolute atomic E-state index is 11.6. The van der Waals surface area contributed by atoms with E-state index < -0.39 is 6.04 Å². The lowest BCUT2D eigenvalue weighted by atomic mass is 10.3.